The van der Waals surface area contributed by atoms with Crippen LogP contribution in [0.4, 0.5) is 8.78 Å². The topological polar surface area (TPSA) is 26.0 Å². The third kappa shape index (κ3) is 1.29. The number of nitrogens with two attached hydrogens (primary N) is 1. The molecule has 1 aromatic carbocycles. The molecule has 1 atom stereocenters. The molecule has 1 nitrogen and oxygen atoms in total. The van der Waals surface area contributed by atoms with Gasteiger partial charge in [-0.3, -0.25) is 0 Å². The van der Waals surface area contributed by atoms with Crippen LogP contribution in [0.5, 0.6) is 0 Å². The fourth-order valence-electron chi connectivity index (χ4n) is 2.23. The lowest BCUT2D eigenvalue weighted by Crippen LogP contribution is -2.27. The molecule has 1 unspecified atom stereocenters. The number of aryl methyl sites for hydroxylation is 1. The highest BCUT2D eigenvalue weighted by Crippen LogP contribution is 2.61. The summed E-state index contributed by atoms with van der Waals surface area (Å²) in [7, 11) is 0. The van der Waals surface area contributed by atoms with E-state index in [-0.39, 0.29) is 13.0 Å². The molecule has 3 heteroatoms. The molecule has 1 saturated carbocycles. The number of rotatable bonds is 2. The van der Waals surface area contributed by atoms with E-state index < -0.39 is 11.3 Å². The smallest absolute Gasteiger partial charge is 0.260 e. The predicted molar refractivity (Wildman–Crippen MR) is 56.2 cm³/mol. The normalized spacial score (nSPS) is 27.8. The van der Waals surface area contributed by atoms with Gasteiger partial charge in [0.1, 0.15) is 0 Å². The Bertz CT molecular complexity index is 401. The summed E-state index contributed by atoms with van der Waals surface area (Å²) in [5.41, 5.74) is 7.13. The van der Waals surface area contributed by atoms with Gasteiger partial charge in [0.05, 0.1) is 5.41 Å². The predicted octanol–water partition coefficient (Wildman–Crippen LogP) is 2.54. The quantitative estimate of drug-likeness (QED) is 0.799. The van der Waals surface area contributed by atoms with Crippen molar-refractivity contribution in [2.24, 2.45) is 5.73 Å². The Kier molecular flexibility index (Phi) is 2.12. The monoisotopic (exact) mass is 211 g/mol. The fourth-order valence-corrected chi connectivity index (χ4v) is 2.23. The fraction of sp³-hybridized carbons (Fsp3) is 0.500. The van der Waals surface area contributed by atoms with Crippen molar-refractivity contribution in [1.29, 1.82) is 0 Å². The van der Waals surface area contributed by atoms with E-state index in [1.807, 2.05) is 26.0 Å². The van der Waals surface area contributed by atoms with Crippen molar-refractivity contribution < 1.29 is 8.78 Å². The summed E-state index contributed by atoms with van der Waals surface area (Å²) < 4.78 is 26.7. The van der Waals surface area contributed by atoms with Gasteiger partial charge in [-0.25, -0.2) is 8.78 Å². The molecule has 1 fully saturated rings. The van der Waals surface area contributed by atoms with Gasteiger partial charge in [0.25, 0.3) is 5.92 Å². The Morgan fingerprint density at radius 1 is 1.33 bits per heavy atom. The van der Waals surface area contributed by atoms with Crippen LogP contribution in [0.25, 0.3) is 0 Å². The van der Waals surface area contributed by atoms with E-state index in [9.17, 15) is 8.78 Å². The molecule has 1 aliphatic carbocycles. The lowest BCUT2D eigenvalue weighted by atomic mass is 9.89. The number of alkyl halides is 2. The van der Waals surface area contributed by atoms with Crippen molar-refractivity contribution in [3.05, 3.63) is 34.9 Å². The van der Waals surface area contributed by atoms with Gasteiger partial charge in [0.15, 0.2) is 0 Å². The second-order valence-corrected chi connectivity index (χ2v) is 4.41. The zero-order chi connectivity index (χ0) is 11.3. The van der Waals surface area contributed by atoms with Gasteiger partial charge in [-0.15, -0.1) is 0 Å². The summed E-state index contributed by atoms with van der Waals surface area (Å²) in [4.78, 5) is 0. The zero-order valence-corrected chi connectivity index (χ0v) is 8.98. The van der Waals surface area contributed by atoms with Crippen LogP contribution in [0.1, 0.15) is 23.1 Å². The molecule has 1 aliphatic rings. The molecule has 2 rings (SSSR count). The molecule has 15 heavy (non-hydrogen) atoms. The van der Waals surface area contributed by atoms with Gasteiger partial charge in [0.2, 0.25) is 0 Å². The summed E-state index contributed by atoms with van der Waals surface area (Å²) in [6.45, 7) is 3.84. The van der Waals surface area contributed by atoms with E-state index in [4.69, 9.17) is 5.73 Å². The van der Waals surface area contributed by atoms with Gasteiger partial charge < -0.3 is 5.73 Å². The first-order valence-corrected chi connectivity index (χ1v) is 5.09. The highest BCUT2D eigenvalue weighted by atomic mass is 19.3. The third-order valence-electron chi connectivity index (χ3n) is 3.57. The van der Waals surface area contributed by atoms with Gasteiger partial charge in [0, 0.05) is 13.0 Å². The Hall–Kier alpha value is -0.960. The van der Waals surface area contributed by atoms with Gasteiger partial charge >= 0.3 is 0 Å². The maximum absolute atomic E-state index is 13.4. The van der Waals surface area contributed by atoms with Crippen molar-refractivity contribution in [1.82, 2.24) is 0 Å². The van der Waals surface area contributed by atoms with Crippen LogP contribution in [0.15, 0.2) is 18.2 Å². The first kappa shape index (κ1) is 10.6. The Labute approximate surface area is 88.3 Å². The van der Waals surface area contributed by atoms with Gasteiger partial charge in [-0.2, -0.15) is 0 Å². The summed E-state index contributed by atoms with van der Waals surface area (Å²) >= 11 is 0. The number of hydrogen-bond acceptors (Lipinski definition) is 1. The number of benzene rings is 1. The van der Waals surface area contributed by atoms with E-state index in [2.05, 4.69) is 0 Å². The minimum absolute atomic E-state index is 0.0181. The zero-order valence-electron chi connectivity index (χ0n) is 8.98. The third-order valence-corrected chi connectivity index (χ3v) is 3.57. The van der Waals surface area contributed by atoms with Crippen LogP contribution < -0.4 is 5.73 Å². The van der Waals surface area contributed by atoms with Crippen LogP contribution in [0.3, 0.4) is 0 Å². The average Bonchev–Trinajstić information content (AvgIpc) is 2.74. The number of hydrogen-bond donors (Lipinski definition) is 1. The number of halogens is 2. The maximum atomic E-state index is 13.4. The SMILES string of the molecule is Cc1cccc(C2(CN)CC2(F)F)c1C. The molecular weight excluding hydrogens is 196 g/mol. The maximum Gasteiger partial charge on any atom is 0.260 e. The molecule has 82 valence electrons. The standard InChI is InChI=1S/C12H15F2N/c1-8-4-3-5-10(9(8)2)11(7-15)6-12(11,13)14/h3-5H,6-7,15H2,1-2H3. The van der Waals surface area contributed by atoms with Crippen LogP contribution in [-0.4, -0.2) is 12.5 Å². The molecule has 0 saturated heterocycles. The summed E-state index contributed by atoms with van der Waals surface area (Å²) in [6, 6.07) is 5.53. The first-order chi connectivity index (χ1) is 6.94. The lowest BCUT2D eigenvalue weighted by molar-refractivity contribution is 0.0894. The molecule has 0 radical (unpaired) electrons. The van der Waals surface area contributed by atoms with Crippen LogP contribution in [0, 0.1) is 13.8 Å². The van der Waals surface area contributed by atoms with E-state index in [0.29, 0.717) is 0 Å². The largest absolute Gasteiger partial charge is 0.329 e. The van der Waals surface area contributed by atoms with Crippen molar-refractivity contribution >= 4 is 0 Å². The average molecular weight is 211 g/mol. The highest BCUT2D eigenvalue weighted by molar-refractivity contribution is 5.46. The molecule has 0 bridgehead atoms. The first-order valence-electron chi connectivity index (χ1n) is 5.09. The molecule has 2 N–H and O–H groups in total. The Morgan fingerprint density at radius 2 is 1.93 bits per heavy atom. The van der Waals surface area contributed by atoms with Crippen LogP contribution in [-0.2, 0) is 5.41 Å². The summed E-state index contributed by atoms with van der Waals surface area (Å²) in [5.74, 6) is -2.62. The second-order valence-electron chi connectivity index (χ2n) is 4.41. The van der Waals surface area contributed by atoms with E-state index in [0.717, 1.165) is 16.7 Å². The molecule has 0 amide bonds. The molecule has 0 aromatic heterocycles. The van der Waals surface area contributed by atoms with E-state index in [1.54, 1.807) is 6.07 Å². The molecular formula is C12H15F2N. The second kappa shape index (κ2) is 3.01. The van der Waals surface area contributed by atoms with Crippen molar-refractivity contribution in [3.63, 3.8) is 0 Å². The Morgan fingerprint density at radius 3 is 2.40 bits per heavy atom. The van der Waals surface area contributed by atoms with E-state index >= 15 is 0 Å². The van der Waals surface area contributed by atoms with Gasteiger partial charge in [-0.05, 0) is 30.5 Å². The lowest BCUT2D eigenvalue weighted by Gasteiger charge is -2.18. The van der Waals surface area contributed by atoms with Crippen molar-refractivity contribution in [2.45, 2.75) is 31.6 Å². The Balaban J connectivity index is 2.51. The summed E-state index contributed by atoms with van der Waals surface area (Å²) in [6.07, 6.45) is -0.110. The van der Waals surface area contributed by atoms with E-state index in [1.165, 1.54) is 0 Å². The van der Waals surface area contributed by atoms with Crippen molar-refractivity contribution in [3.8, 4) is 0 Å². The molecule has 0 spiro atoms. The summed E-state index contributed by atoms with van der Waals surface area (Å²) in [5, 5.41) is 0. The van der Waals surface area contributed by atoms with Crippen LogP contribution in [0.2, 0.25) is 0 Å². The molecule has 1 aromatic rings. The molecule has 0 aliphatic heterocycles. The van der Waals surface area contributed by atoms with Gasteiger partial charge in [-0.1, -0.05) is 18.2 Å². The van der Waals surface area contributed by atoms with Crippen LogP contribution >= 0.6 is 0 Å². The minimum Gasteiger partial charge on any atom is -0.329 e. The molecule has 0 heterocycles. The minimum atomic E-state index is -2.62. The van der Waals surface area contributed by atoms with Crippen molar-refractivity contribution in [2.75, 3.05) is 6.54 Å². The highest BCUT2D eigenvalue weighted by Gasteiger charge is 2.71.